The molecular weight excluding hydrogens is 557 g/mol. The summed E-state index contributed by atoms with van der Waals surface area (Å²) in [5.74, 6) is 6.05. The highest BCUT2D eigenvalue weighted by Crippen LogP contribution is 2.35. The first kappa shape index (κ1) is 30.6. The van der Waals surface area contributed by atoms with Gasteiger partial charge in [-0.2, -0.15) is 13.2 Å². The van der Waals surface area contributed by atoms with E-state index in [-0.39, 0.29) is 23.3 Å². The van der Waals surface area contributed by atoms with Crippen LogP contribution in [0.15, 0.2) is 48.7 Å². The lowest BCUT2D eigenvalue weighted by Gasteiger charge is -2.38. The van der Waals surface area contributed by atoms with Crippen LogP contribution in [0, 0.1) is 23.7 Å². The number of nitrogens with zero attached hydrogens (tertiary/aromatic N) is 2. The number of hydrogen-bond acceptors (Lipinski definition) is 5. The summed E-state index contributed by atoms with van der Waals surface area (Å²) in [7, 11) is 1.59. The number of carboxylic acids is 1. The molecule has 3 atom stereocenters. The molecule has 218 valence electrons. The predicted octanol–water partition coefficient (Wildman–Crippen LogP) is 6.58. The van der Waals surface area contributed by atoms with E-state index in [1.54, 1.807) is 13.3 Å². The number of aliphatic carboxylic acids is 1. The van der Waals surface area contributed by atoms with E-state index in [0.717, 1.165) is 48.0 Å². The van der Waals surface area contributed by atoms with Crippen molar-refractivity contribution in [1.82, 2.24) is 9.88 Å². The summed E-state index contributed by atoms with van der Waals surface area (Å²) in [6.07, 6.45) is -0.841. The first-order valence-corrected chi connectivity index (χ1v) is 13.8. The maximum atomic E-state index is 12.9. The van der Waals surface area contributed by atoms with E-state index in [0.29, 0.717) is 37.2 Å². The highest BCUT2D eigenvalue weighted by Gasteiger charge is 2.31. The molecule has 2 aromatic carbocycles. The number of ether oxygens (including phenoxy) is 1. The normalized spacial score (nSPS) is 18.5. The van der Waals surface area contributed by atoms with E-state index in [1.165, 1.54) is 6.07 Å². The Labute approximate surface area is 242 Å². The highest BCUT2D eigenvalue weighted by molar-refractivity contribution is 6.31. The molecule has 0 amide bonds. The fraction of sp³-hybridized carbons (Fsp3) is 0.419. The second kappa shape index (κ2) is 13.6. The van der Waals surface area contributed by atoms with Crippen LogP contribution < -0.4 is 4.74 Å². The molecule has 0 aliphatic carbocycles. The third kappa shape index (κ3) is 8.13. The zero-order valence-corrected chi connectivity index (χ0v) is 23.4. The van der Waals surface area contributed by atoms with Crippen LogP contribution in [-0.2, 0) is 11.0 Å². The van der Waals surface area contributed by atoms with Gasteiger partial charge in [0.1, 0.15) is 5.75 Å². The Kier molecular flexibility index (Phi) is 10.1. The number of alkyl halides is 3. The van der Waals surface area contributed by atoms with Crippen molar-refractivity contribution in [3.8, 4) is 17.6 Å². The minimum Gasteiger partial charge on any atom is -0.497 e. The average Bonchev–Trinajstić information content (AvgIpc) is 2.94. The Morgan fingerprint density at radius 3 is 2.71 bits per heavy atom. The number of rotatable bonds is 9. The van der Waals surface area contributed by atoms with Crippen molar-refractivity contribution in [1.29, 1.82) is 0 Å². The van der Waals surface area contributed by atoms with Gasteiger partial charge in [-0.15, -0.1) is 0 Å². The number of aromatic nitrogens is 1. The van der Waals surface area contributed by atoms with Crippen molar-refractivity contribution in [2.45, 2.75) is 44.4 Å². The molecule has 0 radical (unpaired) electrons. The summed E-state index contributed by atoms with van der Waals surface area (Å²) in [5.41, 5.74) is 1.06. The summed E-state index contributed by atoms with van der Waals surface area (Å²) in [5, 5.41) is 21.2. The van der Waals surface area contributed by atoms with E-state index in [2.05, 4.69) is 21.7 Å². The second-order valence-corrected chi connectivity index (χ2v) is 10.8. The van der Waals surface area contributed by atoms with Gasteiger partial charge in [-0.3, -0.25) is 14.7 Å². The molecule has 1 aliphatic rings. The Hall–Kier alpha value is -3.32. The molecule has 0 saturated carbocycles. The number of benzene rings is 2. The van der Waals surface area contributed by atoms with Gasteiger partial charge in [0.25, 0.3) is 0 Å². The average molecular weight is 589 g/mol. The molecule has 1 fully saturated rings. The summed E-state index contributed by atoms with van der Waals surface area (Å²) in [6.45, 7) is 1.79. The molecule has 10 heteroatoms. The lowest BCUT2D eigenvalue weighted by molar-refractivity contribution is -0.138. The standard InChI is InChI=1S/C31H32ClF3N2O4/c1-41-24-8-9-28-26(18-24)25(12-14-36-28)29(38)10-5-20-13-16-37(19-22(20)6-11-30(39)40)15-2-3-21-4-7-23(17-27(21)32)31(33,34)35/h4,7-9,12,14,17-18,20,22,29,38H,5-6,10-11,13,15-16,19H2,1H3,(H,39,40)/t20-,22+,29?/m1/s1. The fourth-order valence-corrected chi connectivity index (χ4v) is 5.67. The van der Waals surface area contributed by atoms with Gasteiger partial charge in [-0.1, -0.05) is 23.4 Å². The minimum atomic E-state index is -4.47. The van der Waals surface area contributed by atoms with Gasteiger partial charge in [0.15, 0.2) is 0 Å². The van der Waals surface area contributed by atoms with Crippen LogP contribution in [-0.4, -0.2) is 52.8 Å². The number of carboxylic acid groups (broad SMARTS) is 1. The number of fused-ring (bicyclic) bond motifs is 1. The summed E-state index contributed by atoms with van der Waals surface area (Å²) >= 11 is 6.02. The van der Waals surface area contributed by atoms with Crippen LogP contribution in [0.4, 0.5) is 13.2 Å². The monoisotopic (exact) mass is 588 g/mol. The number of piperidine rings is 1. The molecule has 2 heterocycles. The molecule has 1 aromatic heterocycles. The zero-order valence-electron chi connectivity index (χ0n) is 22.6. The van der Waals surface area contributed by atoms with E-state index in [9.17, 15) is 28.2 Å². The van der Waals surface area contributed by atoms with E-state index in [4.69, 9.17) is 16.3 Å². The SMILES string of the molecule is COc1ccc2nccc(C(O)CC[C@@H]3CCN(CC#Cc4ccc(C(F)(F)F)cc4Cl)C[C@@H]3CCC(=O)O)c2c1. The summed E-state index contributed by atoms with van der Waals surface area (Å²) < 4.78 is 44.0. The van der Waals surface area contributed by atoms with Crippen molar-refractivity contribution in [3.63, 3.8) is 0 Å². The van der Waals surface area contributed by atoms with Gasteiger partial charge in [0, 0.05) is 30.1 Å². The number of methoxy groups -OCH3 is 1. The number of hydrogen-bond donors (Lipinski definition) is 2. The number of pyridine rings is 1. The number of likely N-dealkylation sites (tertiary alicyclic amines) is 1. The molecule has 6 nitrogen and oxygen atoms in total. The Balaban J connectivity index is 1.39. The van der Waals surface area contributed by atoms with E-state index >= 15 is 0 Å². The third-order valence-corrected chi connectivity index (χ3v) is 7.99. The van der Waals surface area contributed by atoms with Crippen molar-refractivity contribution in [2.75, 3.05) is 26.7 Å². The number of carbonyl (C=O) groups is 1. The van der Waals surface area contributed by atoms with Crippen molar-refractivity contribution in [2.24, 2.45) is 11.8 Å². The molecule has 4 rings (SSSR count). The molecule has 0 spiro atoms. The first-order valence-electron chi connectivity index (χ1n) is 13.5. The molecular formula is C31H32ClF3N2O4. The van der Waals surface area contributed by atoms with Crippen LogP contribution in [0.5, 0.6) is 5.75 Å². The number of halogens is 4. The highest BCUT2D eigenvalue weighted by atomic mass is 35.5. The van der Waals surface area contributed by atoms with Crippen LogP contribution >= 0.6 is 11.6 Å². The Morgan fingerprint density at radius 2 is 2.00 bits per heavy atom. The fourth-order valence-electron chi connectivity index (χ4n) is 5.45. The van der Waals surface area contributed by atoms with Gasteiger partial charge < -0.3 is 14.9 Å². The summed E-state index contributed by atoms with van der Waals surface area (Å²) in [6, 6.07) is 10.5. The van der Waals surface area contributed by atoms with Crippen molar-refractivity contribution < 1.29 is 32.9 Å². The topological polar surface area (TPSA) is 82.9 Å². The van der Waals surface area contributed by atoms with E-state index < -0.39 is 23.8 Å². The van der Waals surface area contributed by atoms with Crippen molar-refractivity contribution >= 4 is 28.5 Å². The molecule has 0 bridgehead atoms. The molecule has 1 unspecified atom stereocenters. The predicted molar refractivity (Wildman–Crippen MR) is 151 cm³/mol. The quantitative estimate of drug-likeness (QED) is 0.275. The molecule has 1 saturated heterocycles. The molecule has 3 aromatic rings. The first-order chi connectivity index (χ1) is 19.5. The zero-order chi connectivity index (χ0) is 29.6. The van der Waals surface area contributed by atoms with Crippen LogP contribution in [0.2, 0.25) is 5.02 Å². The maximum absolute atomic E-state index is 12.9. The number of aliphatic hydroxyl groups excluding tert-OH is 1. The van der Waals surface area contributed by atoms with Gasteiger partial charge in [0.2, 0.25) is 0 Å². The molecule has 1 aliphatic heterocycles. The molecule has 41 heavy (non-hydrogen) atoms. The maximum Gasteiger partial charge on any atom is 0.416 e. The largest absolute Gasteiger partial charge is 0.497 e. The van der Waals surface area contributed by atoms with Gasteiger partial charge in [-0.05, 0) is 92.1 Å². The van der Waals surface area contributed by atoms with E-state index in [1.807, 2.05) is 24.3 Å². The Bertz CT molecular complexity index is 1440. The van der Waals surface area contributed by atoms with Gasteiger partial charge in [-0.25, -0.2) is 0 Å². The smallest absolute Gasteiger partial charge is 0.416 e. The van der Waals surface area contributed by atoms with Gasteiger partial charge >= 0.3 is 12.1 Å². The summed E-state index contributed by atoms with van der Waals surface area (Å²) in [4.78, 5) is 17.8. The lowest BCUT2D eigenvalue weighted by atomic mass is 9.79. The minimum absolute atomic E-state index is 0.0515. The van der Waals surface area contributed by atoms with Crippen molar-refractivity contribution in [3.05, 3.63) is 70.4 Å². The lowest BCUT2D eigenvalue weighted by Crippen LogP contribution is -2.41. The third-order valence-electron chi connectivity index (χ3n) is 7.68. The van der Waals surface area contributed by atoms with Crippen LogP contribution in [0.25, 0.3) is 10.9 Å². The molecule has 2 N–H and O–H groups in total. The van der Waals surface area contributed by atoms with Crippen LogP contribution in [0.1, 0.15) is 54.9 Å². The van der Waals surface area contributed by atoms with Crippen LogP contribution in [0.3, 0.4) is 0 Å². The Morgan fingerprint density at radius 1 is 1.20 bits per heavy atom. The second-order valence-electron chi connectivity index (χ2n) is 10.3. The van der Waals surface area contributed by atoms with Gasteiger partial charge in [0.05, 0.1) is 35.9 Å². The number of aliphatic hydroxyl groups is 1.